The first-order valence-corrected chi connectivity index (χ1v) is 7.61. The molecule has 0 aliphatic carbocycles. The van der Waals surface area contributed by atoms with Gasteiger partial charge < -0.3 is 14.4 Å². The van der Waals surface area contributed by atoms with Crippen LogP contribution in [-0.2, 0) is 4.74 Å². The van der Waals surface area contributed by atoms with Gasteiger partial charge in [0.15, 0.2) is 0 Å². The lowest BCUT2D eigenvalue weighted by Crippen LogP contribution is -2.41. The molecule has 0 radical (unpaired) electrons. The van der Waals surface area contributed by atoms with Crippen molar-refractivity contribution in [1.29, 1.82) is 0 Å². The molecule has 0 N–H and O–H groups in total. The van der Waals surface area contributed by atoms with E-state index >= 15 is 0 Å². The third-order valence-electron chi connectivity index (χ3n) is 3.75. The molecule has 1 heterocycles. The number of ether oxygens (including phenoxy) is 2. The van der Waals surface area contributed by atoms with Crippen LogP contribution in [0.5, 0.6) is 5.75 Å². The van der Waals surface area contributed by atoms with Crippen molar-refractivity contribution < 1.29 is 18.7 Å². The number of hydrogen-bond donors (Lipinski definition) is 0. The van der Waals surface area contributed by atoms with E-state index in [1.807, 2.05) is 26.8 Å². The van der Waals surface area contributed by atoms with E-state index in [-0.39, 0.29) is 17.8 Å². The summed E-state index contributed by atoms with van der Waals surface area (Å²) < 4.78 is 24.1. The first-order chi connectivity index (χ1) is 10.3. The van der Waals surface area contributed by atoms with Crippen LogP contribution in [0.3, 0.4) is 0 Å². The average molecular weight is 309 g/mol. The van der Waals surface area contributed by atoms with Crippen molar-refractivity contribution in [3.8, 4) is 5.75 Å². The Kier molecular flexibility index (Phi) is 4.94. The van der Waals surface area contributed by atoms with Crippen LogP contribution in [-0.4, -0.2) is 36.8 Å². The van der Waals surface area contributed by atoms with Crippen molar-refractivity contribution >= 4 is 6.09 Å². The Morgan fingerprint density at radius 1 is 1.23 bits per heavy atom. The molecule has 0 atom stereocenters. The topological polar surface area (TPSA) is 38.8 Å². The Bertz CT molecular complexity index is 531. The third kappa shape index (κ3) is 4.36. The molecule has 1 amide bonds. The molecule has 0 saturated carbocycles. The first kappa shape index (κ1) is 16.6. The quantitative estimate of drug-likeness (QED) is 0.830. The zero-order valence-electron chi connectivity index (χ0n) is 13.7. The van der Waals surface area contributed by atoms with Gasteiger partial charge in [-0.1, -0.05) is 0 Å². The minimum atomic E-state index is -0.482. The lowest BCUT2D eigenvalue weighted by molar-refractivity contribution is 0.0204. The van der Waals surface area contributed by atoms with Gasteiger partial charge in [0.05, 0.1) is 7.11 Å². The second-order valence-corrected chi connectivity index (χ2v) is 6.67. The van der Waals surface area contributed by atoms with Crippen LogP contribution in [0.25, 0.3) is 0 Å². The number of nitrogens with zero attached hydrogens (tertiary/aromatic N) is 1. The fraction of sp³-hybridized carbons (Fsp3) is 0.588. The summed E-state index contributed by atoms with van der Waals surface area (Å²) in [6, 6.07) is 4.80. The number of halogens is 1. The molecule has 0 unspecified atom stereocenters. The maximum Gasteiger partial charge on any atom is 0.410 e. The van der Waals surface area contributed by atoms with Gasteiger partial charge in [0.1, 0.15) is 17.2 Å². The fourth-order valence-corrected chi connectivity index (χ4v) is 2.66. The molecule has 1 aromatic carbocycles. The highest BCUT2D eigenvalue weighted by molar-refractivity contribution is 5.68. The summed E-state index contributed by atoms with van der Waals surface area (Å²) in [4.78, 5) is 13.8. The maximum atomic E-state index is 13.6. The van der Waals surface area contributed by atoms with Crippen molar-refractivity contribution in [2.24, 2.45) is 0 Å². The monoisotopic (exact) mass is 309 g/mol. The number of amides is 1. The van der Waals surface area contributed by atoms with E-state index in [0.29, 0.717) is 18.8 Å². The van der Waals surface area contributed by atoms with Gasteiger partial charge in [-0.2, -0.15) is 0 Å². The van der Waals surface area contributed by atoms with Gasteiger partial charge in [0, 0.05) is 19.2 Å². The highest BCUT2D eigenvalue weighted by Crippen LogP contribution is 2.31. The average Bonchev–Trinajstić information content (AvgIpc) is 2.45. The molecule has 4 nitrogen and oxygen atoms in total. The predicted molar refractivity (Wildman–Crippen MR) is 82.7 cm³/mol. The van der Waals surface area contributed by atoms with Crippen molar-refractivity contribution in [2.45, 2.75) is 45.1 Å². The fourth-order valence-electron chi connectivity index (χ4n) is 2.66. The second kappa shape index (κ2) is 6.55. The number of rotatable bonds is 2. The number of piperidine rings is 1. The zero-order valence-corrected chi connectivity index (χ0v) is 13.7. The number of carbonyl (C=O) groups excluding carboxylic acids is 1. The third-order valence-corrected chi connectivity index (χ3v) is 3.75. The molecule has 1 aliphatic rings. The van der Waals surface area contributed by atoms with Crippen LogP contribution < -0.4 is 4.74 Å². The maximum absolute atomic E-state index is 13.6. The molecular formula is C17H24FNO3. The molecular weight excluding hydrogens is 285 g/mol. The summed E-state index contributed by atoms with van der Waals surface area (Å²) in [6.07, 6.45) is 1.32. The molecule has 0 aromatic heterocycles. The highest BCUT2D eigenvalue weighted by Gasteiger charge is 2.27. The van der Waals surface area contributed by atoms with E-state index in [9.17, 15) is 9.18 Å². The molecule has 1 saturated heterocycles. The van der Waals surface area contributed by atoms with E-state index in [1.165, 1.54) is 13.2 Å². The standard InChI is InChI=1S/C17H24FNO3/c1-17(2,3)22-16(20)19-7-5-12(6-8-19)13-9-14(18)11-15(10-13)21-4/h9-12H,5-8H2,1-4H3. The Morgan fingerprint density at radius 3 is 2.41 bits per heavy atom. The van der Waals surface area contributed by atoms with Crippen LogP contribution in [0, 0.1) is 5.82 Å². The van der Waals surface area contributed by atoms with Crippen LogP contribution in [0.1, 0.15) is 45.1 Å². The van der Waals surface area contributed by atoms with Crippen LogP contribution in [0.4, 0.5) is 9.18 Å². The Hall–Kier alpha value is -1.78. The number of benzene rings is 1. The van der Waals surface area contributed by atoms with E-state index in [0.717, 1.165) is 18.4 Å². The smallest absolute Gasteiger partial charge is 0.410 e. The minimum Gasteiger partial charge on any atom is -0.497 e. The van der Waals surface area contributed by atoms with Gasteiger partial charge in [0.25, 0.3) is 0 Å². The lowest BCUT2D eigenvalue weighted by atomic mass is 9.89. The van der Waals surface area contributed by atoms with Crippen LogP contribution in [0.2, 0.25) is 0 Å². The highest BCUT2D eigenvalue weighted by atomic mass is 19.1. The molecule has 1 aliphatic heterocycles. The molecule has 22 heavy (non-hydrogen) atoms. The normalized spacial score (nSPS) is 16.5. The lowest BCUT2D eigenvalue weighted by Gasteiger charge is -2.33. The number of carbonyl (C=O) groups is 1. The summed E-state index contributed by atoms with van der Waals surface area (Å²) in [5.74, 6) is 0.483. The SMILES string of the molecule is COc1cc(F)cc(C2CCN(C(=O)OC(C)(C)C)CC2)c1. The van der Waals surface area contributed by atoms with Crippen LogP contribution in [0.15, 0.2) is 18.2 Å². The first-order valence-electron chi connectivity index (χ1n) is 7.61. The number of likely N-dealkylation sites (tertiary alicyclic amines) is 1. The van der Waals surface area contributed by atoms with Crippen molar-refractivity contribution in [2.75, 3.05) is 20.2 Å². The minimum absolute atomic E-state index is 0.239. The van der Waals surface area contributed by atoms with Gasteiger partial charge in [0.2, 0.25) is 0 Å². The van der Waals surface area contributed by atoms with Crippen LogP contribution >= 0.6 is 0 Å². The van der Waals surface area contributed by atoms with E-state index in [4.69, 9.17) is 9.47 Å². The van der Waals surface area contributed by atoms with Gasteiger partial charge in [-0.15, -0.1) is 0 Å². The van der Waals surface area contributed by atoms with Crippen molar-refractivity contribution in [1.82, 2.24) is 4.90 Å². The van der Waals surface area contributed by atoms with E-state index in [1.54, 1.807) is 11.0 Å². The summed E-state index contributed by atoms with van der Waals surface area (Å²) in [5.41, 5.74) is 0.449. The Balaban J connectivity index is 1.97. The molecule has 0 bridgehead atoms. The summed E-state index contributed by atoms with van der Waals surface area (Å²) in [7, 11) is 1.53. The summed E-state index contributed by atoms with van der Waals surface area (Å²) in [5, 5.41) is 0. The van der Waals surface area contributed by atoms with Gasteiger partial charge in [-0.3, -0.25) is 0 Å². The molecule has 1 aromatic rings. The largest absolute Gasteiger partial charge is 0.497 e. The van der Waals surface area contributed by atoms with Crippen molar-refractivity contribution in [3.05, 3.63) is 29.6 Å². The second-order valence-electron chi connectivity index (χ2n) is 6.67. The van der Waals surface area contributed by atoms with E-state index < -0.39 is 5.60 Å². The molecule has 2 rings (SSSR count). The molecule has 0 spiro atoms. The zero-order chi connectivity index (χ0) is 16.3. The number of hydrogen-bond acceptors (Lipinski definition) is 3. The van der Waals surface area contributed by atoms with Gasteiger partial charge in [-0.25, -0.2) is 9.18 Å². The van der Waals surface area contributed by atoms with Crippen molar-refractivity contribution in [3.63, 3.8) is 0 Å². The van der Waals surface area contributed by atoms with Gasteiger partial charge in [-0.05, 0) is 57.2 Å². The Labute approximate surface area is 131 Å². The molecule has 5 heteroatoms. The Morgan fingerprint density at radius 2 is 1.86 bits per heavy atom. The number of methoxy groups -OCH3 is 1. The summed E-state index contributed by atoms with van der Waals surface area (Å²) >= 11 is 0. The summed E-state index contributed by atoms with van der Waals surface area (Å²) in [6.45, 7) is 6.82. The molecule has 122 valence electrons. The van der Waals surface area contributed by atoms with E-state index in [2.05, 4.69) is 0 Å². The molecule has 1 fully saturated rings. The predicted octanol–water partition coefficient (Wildman–Crippen LogP) is 3.95. The van der Waals surface area contributed by atoms with Gasteiger partial charge >= 0.3 is 6.09 Å².